The third kappa shape index (κ3) is 5.08. The van der Waals surface area contributed by atoms with Gasteiger partial charge in [0.15, 0.2) is 0 Å². The van der Waals surface area contributed by atoms with E-state index in [1.165, 1.54) is 36.4 Å². The van der Waals surface area contributed by atoms with Crippen molar-refractivity contribution < 1.29 is 18.1 Å². The van der Waals surface area contributed by atoms with Crippen LogP contribution in [0, 0.1) is 10.1 Å². The fourth-order valence-corrected chi connectivity index (χ4v) is 3.65. The molecule has 1 heterocycles. The van der Waals surface area contributed by atoms with E-state index in [4.69, 9.17) is 0 Å². The maximum absolute atomic E-state index is 12.4. The Labute approximate surface area is 171 Å². The Morgan fingerprint density at radius 3 is 2.40 bits per heavy atom. The van der Waals surface area contributed by atoms with Gasteiger partial charge in [-0.25, -0.2) is 8.42 Å². The average Bonchev–Trinajstić information content (AvgIpc) is 2.70. The molecule has 11 heteroatoms. The summed E-state index contributed by atoms with van der Waals surface area (Å²) < 4.78 is 28.1. The molecule has 0 fully saturated rings. The molecule has 3 rings (SSSR count). The lowest BCUT2D eigenvalue weighted by Gasteiger charge is -2.11. The second kappa shape index (κ2) is 8.57. The van der Waals surface area contributed by atoms with Gasteiger partial charge in [-0.05, 0) is 30.3 Å². The van der Waals surface area contributed by atoms with Gasteiger partial charge in [0, 0.05) is 17.8 Å². The number of nitrogens with zero attached hydrogens (tertiary/aromatic N) is 2. The van der Waals surface area contributed by atoms with Gasteiger partial charge in [-0.15, -0.1) is 0 Å². The summed E-state index contributed by atoms with van der Waals surface area (Å²) in [6, 6.07) is 15.9. The molecule has 2 N–H and O–H groups in total. The van der Waals surface area contributed by atoms with E-state index in [9.17, 15) is 28.1 Å². The first-order valence-electron chi connectivity index (χ1n) is 8.57. The second-order valence-electron chi connectivity index (χ2n) is 6.16. The van der Waals surface area contributed by atoms with Crippen molar-refractivity contribution >= 4 is 33.0 Å². The summed E-state index contributed by atoms with van der Waals surface area (Å²) in [4.78, 5) is 34.3. The lowest BCUT2D eigenvalue weighted by molar-refractivity contribution is -0.385. The third-order valence-electron chi connectivity index (χ3n) is 3.94. The van der Waals surface area contributed by atoms with Crippen LogP contribution in [0.4, 0.5) is 17.1 Å². The van der Waals surface area contributed by atoms with Gasteiger partial charge in [0.25, 0.3) is 21.3 Å². The van der Waals surface area contributed by atoms with Crippen LogP contribution in [0.1, 0.15) is 0 Å². The van der Waals surface area contributed by atoms with Gasteiger partial charge in [-0.1, -0.05) is 24.3 Å². The molecule has 0 aliphatic rings. The van der Waals surface area contributed by atoms with Crippen molar-refractivity contribution in [3.8, 4) is 0 Å². The van der Waals surface area contributed by atoms with Crippen LogP contribution in [-0.4, -0.2) is 23.8 Å². The molecule has 3 aromatic rings. The Morgan fingerprint density at radius 2 is 1.70 bits per heavy atom. The number of hydrogen-bond acceptors (Lipinski definition) is 6. The van der Waals surface area contributed by atoms with E-state index in [-0.39, 0.29) is 22.0 Å². The normalized spacial score (nSPS) is 10.9. The monoisotopic (exact) mass is 428 g/mol. The zero-order valence-electron chi connectivity index (χ0n) is 15.4. The number of aromatic nitrogens is 1. The number of hydrogen-bond donors (Lipinski definition) is 2. The molecule has 1 amide bonds. The first-order chi connectivity index (χ1) is 14.2. The fourth-order valence-electron chi connectivity index (χ4n) is 2.58. The Bertz CT molecular complexity index is 1260. The molecule has 0 saturated heterocycles. The van der Waals surface area contributed by atoms with E-state index in [1.807, 2.05) is 0 Å². The molecule has 30 heavy (non-hydrogen) atoms. The first kappa shape index (κ1) is 20.7. The highest BCUT2D eigenvalue weighted by molar-refractivity contribution is 7.92. The summed E-state index contributed by atoms with van der Waals surface area (Å²) in [5.74, 6) is -0.610. The van der Waals surface area contributed by atoms with Gasteiger partial charge in [0.05, 0.1) is 21.7 Å². The predicted molar refractivity (Wildman–Crippen MR) is 110 cm³/mol. The number of sulfonamides is 1. The number of nitro groups is 1. The third-order valence-corrected chi connectivity index (χ3v) is 5.34. The van der Waals surface area contributed by atoms with E-state index in [0.717, 1.165) is 22.9 Å². The molecule has 10 nitrogen and oxygen atoms in total. The van der Waals surface area contributed by atoms with Crippen LogP contribution in [0.2, 0.25) is 0 Å². The summed E-state index contributed by atoms with van der Waals surface area (Å²) in [6.45, 7) is -0.444. The molecule has 0 atom stereocenters. The predicted octanol–water partition coefficient (Wildman–Crippen LogP) is 2.20. The maximum atomic E-state index is 12.4. The number of rotatable bonds is 7. The second-order valence-corrected chi connectivity index (χ2v) is 7.84. The van der Waals surface area contributed by atoms with Crippen molar-refractivity contribution in [3.05, 3.63) is 93.4 Å². The Morgan fingerprint density at radius 1 is 1.00 bits per heavy atom. The number of amides is 1. The summed E-state index contributed by atoms with van der Waals surface area (Å²) in [6.07, 6.45) is 0.978. The summed E-state index contributed by atoms with van der Waals surface area (Å²) in [5, 5.41) is 13.4. The number of carbonyl (C=O) groups excluding carboxylic acids is 1. The molecular formula is C19H16N4O6S. The van der Waals surface area contributed by atoms with E-state index >= 15 is 0 Å². The Hall–Kier alpha value is -3.99. The molecule has 0 saturated carbocycles. The molecule has 0 unspecified atom stereocenters. The zero-order chi connectivity index (χ0) is 21.7. The fraction of sp³-hybridized carbons (Fsp3) is 0.0526. The lowest BCUT2D eigenvalue weighted by atomic mass is 10.3. The van der Waals surface area contributed by atoms with Gasteiger partial charge in [-0.3, -0.25) is 29.0 Å². The Kier molecular flexibility index (Phi) is 5.93. The number of anilines is 2. The molecule has 0 aliphatic heterocycles. The van der Waals surface area contributed by atoms with Crippen LogP contribution in [0.5, 0.6) is 0 Å². The summed E-state index contributed by atoms with van der Waals surface area (Å²) in [5.41, 5.74) is -0.379. The smallest absolute Gasteiger partial charge is 0.285 e. The number of pyridine rings is 1. The molecular weight excluding hydrogens is 412 g/mol. The summed E-state index contributed by atoms with van der Waals surface area (Å²) in [7, 11) is -3.80. The van der Waals surface area contributed by atoms with Crippen LogP contribution < -0.4 is 15.6 Å². The number of benzene rings is 2. The van der Waals surface area contributed by atoms with Crippen LogP contribution in [0.25, 0.3) is 0 Å². The van der Waals surface area contributed by atoms with Crippen molar-refractivity contribution in [1.29, 1.82) is 0 Å². The van der Waals surface area contributed by atoms with Gasteiger partial charge >= 0.3 is 0 Å². The van der Waals surface area contributed by atoms with Crippen LogP contribution in [0.15, 0.2) is 82.6 Å². The standard InChI is InChI=1S/C19H16N4O6S/c24-18(13-22-12-16(23(26)27)9-10-19(22)25)20-14-5-4-6-15(11-14)21-30(28,29)17-7-2-1-3-8-17/h1-12,21H,13H2,(H,20,24). The molecule has 154 valence electrons. The van der Waals surface area contributed by atoms with Crippen LogP contribution in [-0.2, 0) is 21.4 Å². The Balaban J connectivity index is 1.73. The molecule has 1 aromatic heterocycles. The van der Waals surface area contributed by atoms with E-state index in [1.54, 1.807) is 18.2 Å². The first-order valence-corrected chi connectivity index (χ1v) is 10.1. The quantitative estimate of drug-likeness (QED) is 0.437. The minimum absolute atomic E-state index is 0.0875. The molecule has 2 aromatic carbocycles. The van der Waals surface area contributed by atoms with Crippen molar-refractivity contribution in [2.24, 2.45) is 0 Å². The van der Waals surface area contributed by atoms with E-state index < -0.39 is 33.0 Å². The van der Waals surface area contributed by atoms with Crippen molar-refractivity contribution in [2.45, 2.75) is 11.4 Å². The highest BCUT2D eigenvalue weighted by Gasteiger charge is 2.14. The summed E-state index contributed by atoms with van der Waals surface area (Å²) >= 11 is 0. The lowest BCUT2D eigenvalue weighted by Crippen LogP contribution is -2.27. The molecule has 0 aliphatic carbocycles. The average molecular weight is 428 g/mol. The van der Waals surface area contributed by atoms with Crippen molar-refractivity contribution in [3.63, 3.8) is 0 Å². The van der Waals surface area contributed by atoms with Gasteiger partial charge in [0.1, 0.15) is 6.54 Å². The van der Waals surface area contributed by atoms with Crippen LogP contribution >= 0.6 is 0 Å². The number of carbonyl (C=O) groups is 1. The minimum atomic E-state index is -3.80. The van der Waals surface area contributed by atoms with Gasteiger partial charge in [0.2, 0.25) is 5.91 Å². The van der Waals surface area contributed by atoms with Gasteiger partial charge < -0.3 is 5.32 Å². The van der Waals surface area contributed by atoms with Crippen LogP contribution in [0.3, 0.4) is 0 Å². The molecule has 0 bridgehead atoms. The largest absolute Gasteiger partial charge is 0.324 e. The number of nitrogens with one attached hydrogen (secondary N) is 2. The molecule has 0 spiro atoms. The van der Waals surface area contributed by atoms with Crippen molar-refractivity contribution in [2.75, 3.05) is 10.0 Å². The SMILES string of the molecule is O=C(Cn1cc([N+](=O)[O-])ccc1=O)Nc1cccc(NS(=O)(=O)c2ccccc2)c1. The minimum Gasteiger partial charge on any atom is -0.324 e. The topological polar surface area (TPSA) is 140 Å². The van der Waals surface area contributed by atoms with E-state index in [2.05, 4.69) is 10.0 Å². The highest BCUT2D eigenvalue weighted by atomic mass is 32.2. The highest BCUT2D eigenvalue weighted by Crippen LogP contribution is 2.19. The van der Waals surface area contributed by atoms with Gasteiger partial charge in [-0.2, -0.15) is 0 Å². The van der Waals surface area contributed by atoms with Crippen molar-refractivity contribution in [1.82, 2.24) is 4.57 Å². The van der Waals surface area contributed by atoms with E-state index in [0.29, 0.717) is 0 Å². The zero-order valence-corrected chi connectivity index (χ0v) is 16.2. The maximum Gasteiger partial charge on any atom is 0.285 e. The molecule has 0 radical (unpaired) electrons.